The predicted octanol–water partition coefficient (Wildman–Crippen LogP) is 1.40. The summed E-state index contributed by atoms with van der Waals surface area (Å²) >= 11 is 0. The number of alkyl halides is 3. The van der Waals surface area contributed by atoms with Crippen LogP contribution in [0, 0.1) is 5.92 Å². The molecular formula is C10H17F3N2O. The van der Waals surface area contributed by atoms with Crippen LogP contribution in [0.3, 0.4) is 0 Å². The van der Waals surface area contributed by atoms with Crippen LogP contribution in [0.2, 0.25) is 0 Å². The van der Waals surface area contributed by atoms with Crippen molar-refractivity contribution in [2.45, 2.75) is 25.9 Å². The highest BCUT2D eigenvalue weighted by Gasteiger charge is 2.35. The second-order valence-corrected chi connectivity index (χ2v) is 4.06. The van der Waals surface area contributed by atoms with Gasteiger partial charge in [0.1, 0.15) is 6.54 Å². The van der Waals surface area contributed by atoms with E-state index >= 15 is 0 Å². The lowest BCUT2D eigenvalue weighted by Gasteiger charge is -2.25. The lowest BCUT2D eigenvalue weighted by molar-refractivity contribution is -0.163. The first kappa shape index (κ1) is 13.3. The van der Waals surface area contributed by atoms with E-state index in [0.29, 0.717) is 25.9 Å². The van der Waals surface area contributed by atoms with Gasteiger partial charge in [0.25, 0.3) is 0 Å². The highest BCUT2D eigenvalue weighted by Crippen LogP contribution is 2.19. The number of halogens is 3. The van der Waals surface area contributed by atoms with Crippen LogP contribution in [0.15, 0.2) is 0 Å². The summed E-state index contributed by atoms with van der Waals surface area (Å²) in [4.78, 5) is 12.7. The Balaban J connectivity index is 2.57. The minimum Gasteiger partial charge on any atom is -0.333 e. The van der Waals surface area contributed by atoms with Crippen molar-refractivity contribution in [3.63, 3.8) is 0 Å². The summed E-state index contributed by atoms with van der Waals surface area (Å²) in [7, 11) is 0. The molecule has 1 rings (SSSR count). The first-order valence-corrected chi connectivity index (χ1v) is 5.50. The molecule has 1 heterocycles. The van der Waals surface area contributed by atoms with Gasteiger partial charge < -0.3 is 10.2 Å². The van der Waals surface area contributed by atoms with E-state index in [-0.39, 0.29) is 18.4 Å². The molecule has 1 amide bonds. The molecule has 0 saturated carbocycles. The van der Waals surface area contributed by atoms with Gasteiger partial charge in [0.2, 0.25) is 5.91 Å². The van der Waals surface area contributed by atoms with Crippen LogP contribution < -0.4 is 5.32 Å². The van der Waals surface area contributed by atoms with Crippen LogP contribution in [0.1, 0.15) is 19.8 Å². The number of carbonyl (C=O) groups excluding carboxylic acids is 1. The predicted molar refractivity (Wildman–Crippen MR) is 53.9 cm³/mol. The quantitative estimate of drug-likeness (QED) is 0.803. The van der Waals surface area contributed by atoms with Crippen molar-refractivity contribution in [3.05, 3.63) is 0 Å². The molecule has 1 aliphatic heterocycles. The summed E-state index contributed by atoms with van der Waals surface area (Å²) in [5, 5.41) is 2.98. The van der Waals surface area contributed by atoms with Gasteiger partial charge in [-0.25, -0.2) is 0 Å². The molecule has 1 aliphatic rings. The van der Waals surface area contributed by atoms with Crippen LogP contribution in [0.25, 0.3) is 0 Å². The Bertz CT molecular complexity index is 237. The zero-order valence-electron chi connectivity index (χ0n) is 9.31. The molecule has 0 radical (unpaired) electrons. The minimum absolute atomic E-state index is 0.175. The number of hydrogen-bond donors (Lipinski definition) is 1. The van der Waals surface area contributed by atoms with Crippen molar-refractivity contribution < 1.29 is 18.0 Å². The molecule has 1 saturated heterocycles. The van der Waals surface area contributed by atoms with E-state index in [4.69, 9.17) is 0 Å². The Morgan fingerprint density at radius 1 is 1.50 bits per heavy atom. The van der Waals surface area contributed by atoms with Crippen LogP contribution in [-0.4, -0.2) is 43.2 Å². The third kappa shape index (κ3) is 4.00. The highest BCUT2D eigenvalue weighted by atomic mass is 19.4. The summed E-state index contributed by atoms with van der Waals surface area (Å²) in [6.07, 6.45) is -3.13. The molecule has 1 fully saturated rings. The fourth-order valence-corrected chi connectivity index (χ4v) is 1.88. The molecule has 0 aliphatic carbocycles. The molecule has 94 valence electrons. The Morgan fingerprint density at radius 3 is 2.62 bits per heavy atom. The molecule has 0 aromatic rings. The van der Waals surface area contributed by atoms with E-state index in [2.05, 4.69) is 5.32 Å². The molecule has 1 atom stereocenters. The van der Waals surface area contributed by atoms with Gasteiger partial charge in [-0.05, 0) is 19.4 Å². The van der Waals surface area contributed by atoms with Gasteiger partial charge in [0.15, 0.2) is 0 Å². The van der Waals surface area contributed by atoms with Gasteiger partial charge in [-0.3, -0.25) is 4.79 Å². The first-order chi connectivity index (χ1) is 7.44. The van der Waals surface area contributed by atoms with Crippen molar-refractivity contribution in [2.24, 2.45) is 5.92 Å². The highest BCUT2D eigenvalue weighted by molar-refractivity contribution is 5.79. The molecule has 0 aromatic carbocycles. The number of nitrogens with zero attached hydrogens (tertiary/aromatic N) is 1. The van der Waals surface area contributed by atoms with Gasteiger partial charge >= 0.3 is 6.18 Å². The molecule has 16 heavy (non-hydrogen) atoms. The smallest absolute Gasteiger partial charge is 0.333 e. The molecule has 6 heteroatoms. The van der Waals surface area contributed by atoms with Gasteiger partial charge in [-0.15, -0.1) is 0 Å². The van der Waals surface area contributed by atoms with E-state index in [1.165, 1.54) is 0 Å². The van der Waals surface area contributed by atoms with Gasteiger partial charge in [0.05, 0.1) is 5.92 Å². The maximum Gasteiger partial charge on any atom is 0.406 e. The van der Waals surface area contributed by atoms with Crippen molar-refractivity contribution in [1.29, 1.82) is 0 Å². The van der Waals surface area contributed by atoms with Crippen LogP contribution in [0.4, 0.5) is 13.2 Å². The molecule has 0 spiro atoms. The largest absolute Gasteiger partial charge is 0.406 e. The second-order valence-electron chi connectivity index (χ2n) is 4.06. The summed E-state index contributed by atoms with van der Waals surface area (Å²) in [5.41, 5.74) is 0. The zero-order chi connectivity index (χ0) is 12.2. The van der Waals surface area contributed by atoms with E-state index in [1.807, 2.05) is 0 Å². The number of hydrogen-bond acceptors (Lipinski definition) is 2. The lowest BCUT2D eigenvalue weighted by Crippen LogP contribution is -2.43. The van der Waals surface area contributed by atoms with E-state index in [1.54, 1.807) is 6.92 Å². The van der Waals surface area contributed by atoms with Crippen molar-refractivity contribution >= 4 is 5.91 Å². The summed E-state index contributed by atoms with van der Waals surface area (Å²) in [6, 6.07) is 0. The Hall–Kier alpha value is -0.780. The maximum absolute atomic E-state index is 12.3. The third-order valence-corrected chi connectivity index (χ3v) is 2.58. The summed E-state index contributed by atoms with van der Waals surface area (Å²) < 4.78 is 36.8. The SMILES string of the molecule is CCCN(CC(F)(F)F)C(=O)C1CCNC1. The van der Waals surface area contributed by atoms with Gasteiger partial charge in [-0.1, -0.05) is 6.92 Å². The average molecular weight is 238 g/mol. The van der Waals surface area contributed by atoms with Crippen LogP contribution in [-0.2, 0) is 4.79 Å². The van der Waals surface area contributed by atoms with Crippen molar-refractivity contribution in [2.75, 3.05) is 26.2 Å². The van der Waals surface area contributed by atoms with E-state index in [9.17, 15) is 18.0 Å². The second kappa shape index (κ2) is 5.52. The monoisotopic (exact) mass is 238 g/mol. The lowest BCUT2D eigenvalue weighted by atomic mass is 10.1. The average Bonchev–Trinajstić information content (AvgIpc) is 2.66. The fraction of sp³-hybridized carbons (Fsp3) is 0.900. The minimum atomic E-state index is -4.31. The Morgan fingerprint density at radius 2 is 2.19 bits per heavy atom. The number of nitrogens with one attached hydrogen (secondary N) is 1. The van der Waals surface area contributed by atoms with E-state index in [0.717, 1.165) is 4.90 Å². The summed E-state index contributed by atoms with van der Waals surface area (Å²) in [5.74, 6) is -0.655. The third-order valence-electron chi connectivity index (χ3n) is 2.58. The number of amides is 1. The molecule has 0 aromatic heterocycles. The molecule has 1 unspecified atom stereocenters. The van der Waals surface area contributed by atoms with Gasteiger partial charge in [-0.2, -0.15) is 13.2 Å². The van der Waals surface area contributed by atoms with Crippen molar-refractivity contribution in [1.82, 2.24) is 10.2 Å². The Kier molecular flexibility index (Phi) is 4.58. The first-order valence-electron chi connectivity index (χ1n) is 5.50. The number of carbonyl (C=O) groups is 1. The topological polar surface area (TPSA) is 32.3 Å². The molecular weight excluding hydrogens is 221 g/mol. The molecule has 1 N–H and O–H groups in total. The fourth-order valence-electron chi connectivity index (χ4n) is 1.88. The number of rotatable bonds is 4. The zero-order valence-corrected chi connectivity index (χ0v) is 9.31. The maximum atomic E-state index is 12.3. The van der Waals surface area contributed by atoms with E-state index < -0.39 is 12.7 Å². The normalized spacial score (nSPS) is 21.1. The van der Waals surface area contributed by atoms with Crippen LogP contribution in [0.5, 0.6) is 0 Å². The molecule has 3 nitrogen and oxygen atoms in total. The van der Waals surface area contributed by atoms with Gasteiger partial charge in [0, 0.05) is 13.1 Å². The van der Waals surface area contributed by atoms with Crippen LogP contribution >= 0.6 is 0 Å². The molecule has 0 bridgehead atoms. The van der Waals surface area contributed by atoms with Crippen molar-refractivity contribution in [3.8, 4) is 0 Å². The standard InChI is InChI=1S/C10H17F3N2O/c1-2-5-15(7-10(11,12)13)9(16)8-3-4-14-6-8/h8,14H,2-7H2,1H3. The summed E-state index contributed by atoms with van der Waals surface area (Å²) in [6.45, 7) is 2.02. The Labute approximate surface area is 93.0 Å².